The normalized spacial score (nSPS) is 14.8. The first-order chi connectivity index (χ1) is 9.55. The molecule has 1 aromatic carbocycles. The van der Waals surface area contributed by atoms with Crippen molar-refractivity contribution in [1.82, 2.24) is 0 Å². The maximum Gasteiger partial charge on any atom is 0.246 e. The third-order valence-electron chi connectivity index (χ3n) is 2.90. The Balaban J connectivity index is 1.69. The Bertz CT molecular complexity index is 685. The summed E-state index contributed by atoms with van der Waals surface area (Å²) in [6, 6.07) is 9.83. The predicted molar refractivity (Wildman–Crippen MR) is 78.1 cm³/mol. The monoisotopic (exact) mass is 286 g/mol. The van der Waals surface area contributed by atoms with Crippen LogP contribution in [0.4, 0.5) is 5.69 Å². The first-order valence-corrected chi connectivity index (χ1v) is 7.17. The third kappa shape index (κ3) is 2.56. The number of ether oxygens (including phenoxy) is 2. The van der Waals surface area contributed by atoms with Gasteiger partial charge in [-0.3, -0.25) is 0 Å². The third-order valence-corrected chi connectivity index (χ3v) is 3.84. The molecular weight excluding hydrogens is 272 g/mol. The summed E-state index contributed by atoms with van der Waals surface area (Å²) in [4.78, 5) is 1.12. The van der Waals surface area contributed by atoms with E-state index in [2.05, 4.69) is 11.4 Å². The first kappa shape index (κ1) is 12.8. The van der Waals surface area contributed by atoms with Crippen molar-refractivity contribution in [2.24, 2.45) is 0 Å². The number of hydrogen-bond donors (Lipinski definition) is 1. The van der Waals surface area contributed by atoms with Gasteiger partial charge in [-0.25, -0.2) is 0 Å². The fourth-order valence-corrected chi connectivity index (χ4v) is 2.80. The summed E-state index contributed by atoms with van der Waals surface area (Å²) in [5, 5.41) is 14.0. The lowest BCUT2D eigenvalue weighted by molar-refractivity contribution is -0.0431. The van der Waals surface area contributed by atoms with Crippen molar-refractivity contribution in [2.45, 2.75) is 26.2 Å². The average Bonchev–Trinajstić information content (AvgIpc) is 2.97. The summed E-state index contributed by atoms with van der Waals surface area (Å²) in [7, 11) is 0. The van der Waals surface area contributed by atoms with Crippen molar-refractivity contribution in [1.29, 1.82) is 5.26 Å². The fourth-order valence-electron chi connectivity index (χ4n) is 2.05. The molecule has 1 aromatic heterocycles. The highest BCUT2D eigenvalue weighted by molar-refractivity contribution is 7.10. The predicted octanol–water partition coefficient (Wildman–Crippen LogP) is 3.74. The Kier molecular flexibility index (Phi) is 3.03. The van der Waals surface area contributed by atoms with Crippen molar-refractivity contribution in [3.8, 4) is 17.6 Å². The van der Waals surface area contributed by atoms with Gasteiger partial charge in [-0.1, -0.05) is 0 Å². The molecule has 1 aliphatic heterocycles. The Morgan fingerprint density at radius 1 is 1.25 bits per heavy atom. The van der Waals surface area contributed by atoms with E-state index in [1.54, 1.807) is 11.3 Å². The summed E-state index contributed by atoms with van der Waals surface area (Å²) >= 11 is 1.58. The van der Waals surface area contributed by atoms with E-state index >= 15 is 0 Å². The van der Waals surface area contributed by atoms with Crippen LogP contribution in [0.3, 0.4) is 0 Å². The summed E-state index contributed by atoms with van der Waals surface area (Å²) in [6.45, 7) is 4.46. The number of anilines is 1. The van der Waals surface area contributed by atoms with Crippen molar-refractivity contribution < 1.29 is 9.47 Å². The maximum atomic E-state index is 8.80. The highest BCUT2D eigenvalue weighted by Gasteiger charge is 2.31. The number of hydrogen-bond acceptors (Lipinski definition) is 5. The molecule has 0 bridgehead atoms. The topological polar surface area (TPSA) is 54.3 Å². The molecule has 0 atom stereocenters. The lowest BCUT2D eigenvalue weighted by Gasteiger charge is -2.16. The van der Waals surface area contributed by atoms with Crippen LogP contribution >= 0.6 is 11.3 Å². The minimum atomic E-state index is -0.601. The molecule has 0 saturated carbocycles. The van der Waals surface area contributed by atoms with Crippen LogP contribution in [-0.2, 0) is 6.54 Å². The molecule has 0 radical (unpaired) electrons. The zero-order valence-corrected chi connectivity index (χ0v) is 12.1. The molecule has 0 amide bonds. The number of rotatable bonds is 3. The molecule has 1 N–H and O–H groups in total. The largest absolute Gasteiger partial charge is 0.449 e. The molecule has 5 heteroatoms. The van der Waals surface area contributed by atoms with Crippen molar-refractivity contribution in [2.75, 3.05) is 5.32 Å². The van der Waals surface area contributed by atoms with Crippen molar-refractivity contribution in [3.63, 3.8) is 0 Å². The SMILES string of the molecule is CC1(C)Oc2ccc(NCc3cc(C#N)cs3)cc2O1. The van der Waals surface area contributed by atoms with Gasteiger partial charge in [-0.05, 0) is 18.2 Å². The maximum absolute atomic E-state index is 8.80. The summed E-state index contributed by atoms with van der Waals surface area (Å²) in [6.07, 6.45) is 0. The van der Waals surface area contributed by atoms with E-state index in [0.717, 1.165) is 22.1 Å². The molecule has 0 fully saturated rings. The van der Waals surface area contributed by atoms with E-state index in [0.29, 0.717) is 12.1 Å². The molecule has 4 nitrogen and oxygen atoms in total. The van der Waals surface area contributed by atoms with Crippen LogP contribution in [0.2, 0.25) is 0 Å². The molecule has 0 unspecified atom stereocenters. The fraction of sp³-hybridized carbons (Fsp3) is 0.267. The molecule has 3 rings (SSSR count). The number of fused-ring (bicyclic) bond motifs is 1. The first-order valence-electron chi connectivity index (χ1n) is 6.29. The lowest BCUT2D eigenvalue weighted by atomic mass is 10.2. The lowest BCUT2D eigenvalue weighted by Crippen LogP contribution is -2.29. The molecule has 0 spiro atoms. The van der Waals surface area contributed by atoms with Crippen molar-refractivity contribution in [3.05, 3.63) is 40.1 Å². The zero-order chi connectivity index (χ0) is 14.2. The second-order valence-electron chi connectivity index (χ2n) is 5.03. The molecular formula is C15H14N2O2S. The van der Waals surface area contributed by atoms with Crippen LogP contribution in [0.1, 0.15) is 24.3 Å². The van der Waals surface area contributed by atoms with Gasteiger partial charge in [0, 0.05) is 42.4 Å². The minimum absolute atomic E-state index is 0.601. The van der Waals surface area contributed by atoms with Gasteiger partial charge < -0.3 is 14.8 Å². The van der Waals surface area contributed by atoms with Gasteiger partial charge >= 0.3 is 0 Å². The van der Waals surface area contributed by atoms with Gasteiger partial charge in [0.15, 0.2) is 11.5 Å². The smallest absolute Gasteiger partial charge is 0.246 e. The van der Waals surface area contributed by atoms with Gasteiger partial charge in [0.1, 0.15) is 6.07 Å². The van der Waals surface area contributed by atoms with Gasteiger partial charge in [0.05, 0.1) is 5.56 Å². The van der Waals surface area contributed by atoms with Gasteiger partial charge in [-0.15, -0.1) is 11.3 Å². The Hall–Kier alpha value is -2.19. The van der Waals surface area contributed by atoms with Gasteiger partial charge in [0.25, 0.3) is 0 Å². The number of thiophene rings is 1. The van der Waals surface area contributed by atoms with E-state index in [-0.39, 0.29) is 0 Å². The van der Waals surface area contributed by atoms with E-state index < -0.39 is 5.79 Å². The van der Waals surface area contributed by atoms with Crippen LogP contribution < -0.4 is 14.8 Å². The Morgan fingerprint density at radius 2 is 2.05 bits per heavy atom. The summed E-state index contributed by atoms with van der Waals surface area (Å²) in [5.74, 6) is 0.920. The van der Waals surface area contributed by atoms with Crippen LogP contribution in [0, 0.1) is 11.3 Å². The standard InChI is InChI=1S/C15H14N2O2S/c1-15(2)18-13-4-3-11(6-14(13)19-15)17-8-12-5-10(7-16)9-20-12/h3-6,9,17H,8H2,1-2H3. The molecule has 1 aliphatic rings. The Labute approximate surface area is 121 Å². The second-order valence-corrected chi connectivity index (χ2v) is 6.03. The highest BCUT2D eigenvalue weighted by atomic mass is 32.1. The van der Waals surface area contributed by atoms with Gasteiger partial charge in [-0.2, -0.15) is 5.26 Å². The van der Waals surface area contributed by atoms with Crippen LogP contribution in [0.25, 0.3) is 0 Å². The highest BCUT2D eigenvalue weighted by Crippen LogP contribution is 2.40. The molecule has 102 valence electrons. The van der Waals surface area contributed by atoms with Gasteiger partial charge in [0.2, 0.25) is 5.79 Å². The van der Waals surface area contributed by atoms with Crippen molar-refractivity contribution >= 4 is 17.0 Å². The second kappa shape index (κ2) is 4.73. The van der Waals surface area contributed by atoms with E-state index in [1.165, 1.54) is 0 Å². The molecule has 20 heavy (non-hydrogen) atoms. The number of nitriles is 1. The van der Waals surface area contributed by atoms with E-state index in [4.69, 9.17) is 14.7 Å². The van der Waals surface area contributed by atoms with E-state index in [9.17, 15) is 0 Å². The summed E-state index contributed by atoms with van der Waals surface area (Å²) < 4.78 is 11.4. The average molecular weight is 286 g/mol. The van der Waals surface area contributed by atoms with E-state index in [1.807, 2.05) is 43.5 Å². The molecule has 2 aromatic rings. The van der Waals surface area contributed by atoms with Crippen LogP contribution in [0.15, 0.2) is 29.6 Å². The number of nitrogens with one attached hydrogen (secondary N) is 1. The number of nitrogens with zero attached hydrogens (tertiary/aromatic N) is 1. The molecule has 2 heterocycles. The quantitative estimate of drug-likeness (QED) is 0.934. The molecule has 0 aliphatic carbocycles. The zero-order valence-electron chi connectivity index (χ0n) is 11.3. The summed E-state index contributed by atoms with van der Waals surface area (Å²) in [5.41, 5.74) is 1.68. The number of benzene rings is 1. The Morgan fingerprint density at radius 3 is 2.80 bits per heavy atom. The van der Waals surface area contributed by atoms with Crippen LogP contribution in [-0.4, -0.2) is 5.79 Å². The minimum Gasteiger partial charge on any atom is -0.449 e. The molecule has 0 saturated heterocycles. The van der Waals surface area contributed by atoms with Crippen LogP contribution in [0.5, 0.6) is 11.5 Å².